The maximum absolute atomic E-state index is 12.1. The van der Waals surface area contributed by atoms with Crippen molar-refractivity contribution in [3.8, 4) is 5.75 Å². The third-order valence-electron chi connectivity index (χ3n) is 3.90. The summed E-state index contributed by atoms with van der Waals surface area (Å²) in [6, 6.07) is 16.7. The molecule has 25 heavy (non-hydrogen) atoms. The van der Waals surface area contributed by atoms with Gasteiger partial charge in [0.1, 0.15) is 5.75 Å². The van der Waals surface area contributed by atoms with Gasteiger partial charge in [0.2, 0.25) is 5.91 Å². The van der Waals surface area contributed by atoms with Crippen molar-refractivity contribution in [2.75, 3.05) is 11.9 Å². The molecule has 0 saturated heterocycles. The number of rotatable bonds is 6. The van der Waals surface area contributed by atoms with E-state index in [1.165, 1.54) is 0 Å². The van der Waals surface area contributed by atoms with Crippen LogP contribution in [-0.4, -0.2) is 17.5 Å². The number of hydrogen-bond acceptors (Lipinski definition) is 3. The summed E-state index contributed by atoms with van der Waals surface area (Å²) in [4.78, 5) is 27.1. The van der Waals surface area contributed by atoms with Gasteiger partial charge in [-0.1, -0.05) is 18.2 Å². The van der Waals surface area contributed by atoms with E-state index >= 15 is 0 Å². The zero-order valence-electron chi connectivity index (χ0n) is 14.0. The first kappa shape index (κ1) is 16.8. The molecule has 3 rings (SSSR count). The molecular weight excluding hydrogens is 316 g/mol. The number of aryl methyl sites for hydroxylation is 1. The number of H-pyrrole nitrogens is 1. The molecule has 3 aromatic rings. The van der Waals surface area contributed by atoms with Gasteiger partial charge in [-0.05, 0) is 55.1 Å². The van der Waals surface area contributed by atoms with E-state index in [9.17, 15) is 9.59 Å². The van der Waals surface area contributed by atoms with Gasteiger partial charge in [0.05, 0.1) is 6.61 Å². The Morgan fingerprint density at radius 3 is 2.64 bits per heavy atom. The Bertz CT molecular complexity index is 930. The van der Waals surface area contributed by atoms with Gasteiger partial charge in [0.25, 0.3) is 5.56 Å². The van der Waals surface area contributed by atoms with Crippen molar-refractivity contribution in [3.05, 3.63) is 70.5 Å². The smallest absolute Gasteiger partial charge is 0.251 e. The Kier molecular flexibility index (Phi) is 5.14. The number of para-hydroxylation sites is 1. The third-order valence-corrected chi connectivity index (χ3v) is 3.90. The predicted octanol–water partition coefficient (Wildman–Crippen LogP) is 3.50. The Morgan fingerprint density at radius 1 is 1.12 bits per heavy atom. The number of pyridine rings is 1. The largest absolute Gasteiger partial charge is 0.494 e. The maximum Gasteiger partial charge on any atom is 0.251 e. The van der Waals surface area contributed by atoms with Crippen molar-refractivity contribution in [2.24, 2.45) is 0 Å². The van der Waals surface area contributed by atoms with Gasteiger partial charge in [0.15, 0.2) is 0 Å². The quantitative estimate of drug-likeness (QED) is 0.724. The summed E-state index contributed by atoms with van der Waals surface area (Å²) >= 11 is 0. The highest BCUT2D eigenvalue weighted by Gasteiger charge is 2.07. The molecule has 0 aliphatic carbocycles. The molecule has 1 aromatic heterocycles. The van der Waals surface area contributed by atoms with E-state index in [-0.39, 0.29) is 17.9 Å². The van der Waals surface area contributed by atoms with E-state index in [2.05, 4.69) is 10.3 Å². The fourth-order valence-electron chi connectivity index (χ4n) is 2.65. The van der Waals surface area contributed by atoms with Crippen LogP contribution in [0.3, 0.4) is 0 Å². The van der Waals surface area contributed by atoms with Crippen LogP contribution in [0.1, 0.15) is 18.9 Å². The average molecular weight is 336 g/mol. The number of carbonyl (C=O) groups excluding carboxylic acids is 1. The van der Waals surface area contributed by atoms with Gasteiger partial charge in [-0.25, -0.2) is 0 Å². The molecule has 2 aromatic carbocycles. The highest BCUT2D eigenvalue weighted by Crippen LogP contribution is 2.16. The van der Waals surface area contributed by atoms with E-state index in [1.54, 1.807) is 12.1 Å². The highest BCUT2D eigenvalue weighted by molar-refractivity contribution is 5.91. The molecule has 0 saturated carbocycles. The normalized spacial score (nSPS) is 10.6. The van der Waals surface area contributed by atoms with Gasteiger partial charge < -0.3 is 15.0 Å². The Balaban J connectivity index is 1.62. The summed E-state index contributed by atoms with van der Waals surface area (Å²) in [7, 11) is 0. The molecule has 0 unspecified atom stereocenters. The van der Waals surface area contributed by atoms with Gasteiger partial charge in [-0.3, -0.25) is 9.59 Å². The number of nitrogens with one attached hydrogen (secondary N) is 2. The van der Waals surface area contributed by atoms with E-state index in [1.807, 2.05) is 49.4 Å². The predicted molar refractivity (Wildman–Crippen MR) is 99.1 cm³/mol. The van der Waals surface area contributed by atoms with Crippen LogP contribution in [-0.2, 0) is 11.2 Å². The molecule has 0 radical (unpaired) electrons. The standard InChI is InChI=1S/C20H20N2O3/c1-2-25-17-10-8-16(9-11-17)21-19(23)12-7-15-13-14-5-3-4-6-18(14)22-20(15)24/h3-6,8-11,13H,2,7,12H2,1H3,(H,21,23)(H,22,24). The molecular formula is C20H20N2O3. The van der Waals surface area contributed by atoms with Crippen LogP contribution in [0.5, 0.6) is 5.75 Å². The summed E-state index contributed by atoms with van der Waals surface area (Å²) in [5, 5.41) is 3.79. The number of aromatic amines is 1. The van der Waals surface area contributed by atoms with Crippen molar-refractivity contribution in [3.63, 3.8) is 0 Å². The van der Waals surface area contributed by atoms with Crippen molar-refractivity contribution in [1.82, 2.24) is 4.98 Å². The Labute approximate surface area is 145 Å². The number of carbonyl (C=O) groups is 1. The Hall–Kier alpha value is -3.08. The third kappa shape index (κ3) is 4.26. The number of hydrogen-bond donors (Lipinski definition) is 2. The summed E-state index contributed by atoms with van der Waals surface area (Å²) in [5.41, 5.74) is 1.98. The molecule has 0 aliphatic rings. The van der Waals surface area contributed by atoms with Crippen LogP contribution in [0, 0.1) is 0 Å². The Morgan fingerprint density at radius 2 is 1.88 bits per heavy atom. The average Bonchev–Trinajstić information content (AvgIpc) is 2.62. The molecule has 5 heteroatoms. The van der Waals surface area contributed by atoms with Crippen LogP contribution in [0.15, 0.2) is 59.4 Å². The molecule has 0 aliphatic heterocycles. The van der Waals surface area contributed by atoms with Crippen LogP contribution >= 0.6 is 0 Å². The van der Waals surface area contributed by atoms with E-state index in [4.69, 9.17) is 4.74 Å². The number of anilines is 1. The first-order valence-electron chi connectivity index (χ1n) is 8.29. The van der Waals surface area contributed by atoms with E-state index < -0.39 is 0 Å². The van der Waals surface area contributed by atoms with Crippen molar-refractivity contribution in [2.45, 2.75) is 19.8 Å². The monoisotopic (exact) mass is 336 g/mol. The highest BCUT2D eigenvalue weighted by atomic mass is 16.5. The summed E-state index contributed by atoms with van der Waals surface area (Å²) in [5.74, 6) is 0.639. The number of benzene rings is 2. The van der Waals surface area contributed by atoms with Crippen LogP contribution in [0.25, 0.3) is 10.9 Å². The summed E-state index contributed by atoms with van der Waals surface area (Å²) in [6.45, 7) is 2.52. The summed E-state index contributed by atoms with van der Waals surface area (Å²) < 4.78 is 5.37. The number of ether oxygens (including phenoxy) is 1. The first-order chi connectivity index (χ1) is 12.2. The molecule has 0 atom stereocenters. The lowest BCUT2D eigenvalue weighted by atomic mass is 10.1. The van der Waals surface area contributed by atoms with Crippen LogP contribution < -0.4 is 15.6 Å². The number of fused-ring (bicyclic) bond motifs is 1. The minimum absolute atomic E-state index is 0.128. The van der Waals surface area contributed by atoms with Crippen LogP contribution in [0.4, 0.5) is 5.69 Å². The molecule has 5 nitrogen and oxygen atoms in total. The number of aromatic nitrogens is 1. The van der Waals surface area contributed by atoms with E-state index in [0.29, 0.717) is 24.3 Å². The topological polar surface area (TPSA) is 71.2 Å². The second-order valence-electron chi connectivity index (χ2n) is 5.72. The van der Waals surface area contributed by atoms with Crippen molar-refractivity contribution >= 4 is 22.5 Å². The lowest BCUT2D eigenvalue weighted by Gasteiger charge is -2.07. The fourth-order valence-corrected chi connectivity index (χ4v) is 2.65. The van der Waals surface area contributed by atoms with E-state index in [0.717, 1.165) is 16.7 Å². The molecule has 0 fully saturated rings. The van der Waals surface area contributed by atoms with Crippen LogP contribution in [0.2, 0.25) is 0 Å². The zero-order valence-corrected chi connectivity index (χ0v) is 14.0. The molecule has 2 N–H and O–H groups in total. The lowest BCUT2D eigenvalue weighted by molar-refractivity contribution is -0.116. The summed E-state index contributed by atoms with van der Waals surface area (Å²) in [6.07, 6.45) is 0.637. The first-order valence-corrected chi connectivity index (χ1v) is 8.29. The van der Waals surface area contributed by atoms with Crippen molar-refractivity contribution < 1.29 is 9.53 Å². The lowest BCUT2D eigenvalue weighted by Crippen LogP contribution is -2.17. The minimum Gasteiger partial charge on any atom is -0.494 e. The zero-order chi connectivity index (χ0) is 17.6. The molecule has 128 valence electrons. The van der Waals surface area contributed by atoms with Gasteiger partial charge >= 0.3 is 0 Å². The molecule has 0 bridgehead atoms. The molecule has 1 amide bonds. The van der Waals surface area contributed by atoms with Gasteiger partial charge in [0, 0.05) is 23.2 Å². The fraction of sp³-hybridized carbons (Fsp3) is 0.200. The molecule has 0 spiro atoms. The van der Waals surface area contributed by atoms with Gasteiger partial charge in [-0.2, -0.15) is 0 Å². The second kappa shape index (κ2) is 7.66. The second-order valence-corrected chi connectivity index (χ2v) is 5.72. The van der Waals surface area contributed by atoms with Crippen molar-refractivity contribution in [1.29, 1.82) is 0 Å². The van der Waals surface area contributed by atoms with Gasteiger partial charge in [-0.15, -0.1) is 0 Å². The minimum atomic E-state index is -0.146. The molecule has 1 heterocycles. The number of amides is 1. The SMILES string of the molecule is CCOc1ccc(NC(=O)CCc2cc3ccccc3[nH]c2=O)cc1. The maximum atomic E-state index is 12.1.